The third kappa shape index (κ3) is 5.26. The zero-order valence-corrected chi connectivity index (χ0v) is 17.8. The molecule has 1 aromatic carbocycles. The summed E-state index contributed by atoms with van der Waals surface area (Å²) in [6.45, 7) is 1.77. The molecule has 0 aliphatic carbocycles. The van der Waals surface area contributed by atoms with Crippen LogP contribution in [0.2, 0.25) is 0 Å². The summed E-state index contributed by atoms with van der Waals surface area (Å²) < 4.78 is 32.7. The highest BCUT2D eigenvalue weighted by molar-refractivity contribution is 9.10. The van der Waals surface area contributed by atoms with E-state index in [9.17, 15) is 13.2 Å². The lowest BCUT2D eigenvalue weighted by Crippen LogP contribution is -2.47. The zero-order chi connectivity index (χ0) is 19.3. The summed E-state index contributed by atoms with van der Waals surface area (Å²) in [7, 11) is 1.83. The lowest BCUT2D eigenvalue weighted by molar-refractivity contribution is 0.0634. The third-order valence-corrected chi connectivity index (χ3v) is 6.64. The van der Waals surface area contributed by atoms with Gasteiger partial charge < -0.3 is 14.5 Å². The van der Waals surface area contributed by atoms with Gasteiger partial charge in [0.25, 0.3) is 5.91 Å². The summed E-state index contributed by atoms with van der Waals surface area (Å²) in [5.41, 5.74) is 0.360. The van der Waals surface area contributed by atoms with Crippen LogP contribution in [0.5, 0.6) is 0 Å². The molecule has 9 heteroatoms. The first-order valence-corrected chi connectivity index (χ1v) is 10.8. The van der Waals surface area contributed by atoms with Crippen LogP contribution in [0.3, 0.4) is 0 Å². The average Bonchev–Trinajstić information content (AvgIpc) is 2.61. The molecule has 1 saturated heterocycles. The number of ether oxygens (including phenoxy) is 1. The Morgan fingerprint density at radius 2 is 2.15 bits per heavy atom. The molecule has 0 bridgehead atoms. The van der Waals surface area contributed by atoms with E-state index in [0.717, 1.165) is 12.8 Å². The van der Waals surface area contributed by atoms with Gasteiger partial charge in [0.05, 0.1) is 17.1 Å². The molecule has 1 amide bonds. The average molecular weight is 448 g/mol. The molecule has 26 heavy (non-hydrogen) atoms. The van der Waals surface area contributed by atoms with Crippen LogP contribution in [-0.4, -0.2) is 77.6 Å². The van der Waals surface area contributed by atoms with Crippen LogP contribution in [0.25, 0.3) is 0 Å². The molecule has 1 aliphatic heterocycles. The maximum Gasteiger partial charge on any atom is 0.255 e. The molecule has 0 spiro atoms. The molecule has 0 saturated carbocycles. The molecule has 1 atom stereocenters. The Bertz CT molecular complexity index is 740. The lowest BCUT2D eigenvalue weighted by Gasteiger charge is -2.36. The number of methoxy groups -OCH3 is 1. The number of likely N-dealkylation sites (tertiary alicyclic amines) is 1. The second kappa shape index (κ2) is 9.27. The van der Waals surface area contributed by atoms with Crippen molar-refractivity contribution in [3.05, 3.63) is 28.2 Å². The van der Waals surface area contributed by atoms with Gasteiger partial charge in [-0.2, -0.15) is 0 Å². The first kappa shape index (κ1) is 21.3. The summed E-state index contributed by atoms with van der Waals surface area (Å²) in [5, 5.41) is 0. The van der Waals surface area contributed by atoms with Gasteiger partial charge in [-0.3, -0.25) is 4.79 Å². The molecule has 0 radical (unpaired) electrons. The van der Waals surface area contributed by atoms with Crippen molar-refractivity contribution in [2.45, 2.75) is 23.8 Å². The normalized spacial score (nSPS) is 18.3. The Balaban J connectivity index is 2.22. The second-order valence-corrected chi connectivity index (χ2v) is 9.16. The highest BCUT2D eigenvalue weighted by Crippen LogP contribution is 2.24. The Morgan fingerprint density at radius 3 is 2.81 bits per heavy atom. The number of benzene rings is 1. The summed E-state index contributed by atoms with van der Waals surface area (Å²) in [6, 6.07) is 4.83. The van der Waals surface area contributed by atoms with Gasteiger partial charge in [0.1, 0.15) is 0 Å². The Morgan fingerprint density at radius 1 is 1.42 bits per heavy atom. The summed E-state index contributed by atoms with van der Waals surface area (Å²) >= 11 is 3.38. The number of nitrogens with zero attached hydrogens (tertiary/aromatic N) is 2. The number of hydrogen-bond acceptors (Lipinski definition) is 5. The number of hydrogen-bond donors (Lipinski definition) is 1. The molecular weight excluding hydrogens is 422 g/mol. The van der Waals surface area contributed by atoms with E-state index >= 15 is 0 Å². The number of amides is 1. The lowest BCUT2D eigenvalue weighted by atomic mass is 10.0. The number of rotatable bonds is 7. The van der Waals surface area contributed by atoms with Crippen LogP contribution >= 0.6 is 15.9 Å². The number of carbonyl (C=O) groups is 1. The van der Waals surface area contributed by atoms with E-state index in [-0.39, 0.29) is 24.0 Å². The van der Waals surface area contributed by atoms with Gasteiger partial charge in [0.15, 0.2) is 0 Å². The minimum atomic E-state index is -3.69. The quantitative estimate of drug-likeness (QED) is 0.641. The predicted molar refractivity (Wildman–Crippen MR) is 104 cm³/mol. The van der Waals surface area contributed by atoms with E-state index in [2.05, 4.69) is 25.6 Å². The minimum absolute atomic E-state index is 0.0707. The largest absolute Gasteiger partial charge is 0.383 e. The van der Waals surface area contributed by atoms with Crippen LogP contribution in [0.15, 0.2) is 27.6 Å². The van der Waals surface area contributed by atoms with E-state index < -0.39 is 10.0 Å². The molecule has 1 aromatic rings. The van der Waals surface area contributed by atoms with Crippen molar-refractivity contribution in [1.29, 1.82) is 0 Å². The third-order valence-electron chi connectivity index (χ3n) is 4.49. The number of carbonyl (C=O) groups excluding carboxylic acids is 1. The number of sulfonamides is 1. The Hall–Kier alpha value is -1.00. The molecule has 7 nitrogen and oxygen atoms in total. The fourth-order valence-electron chi connectivity index (χ4n) is 2.93. The van der Waals surface area contributed by atoms with Gasteiger partial charge in [-0.25, -0.2) is 13.1 Å². The van der Waals surface area contributed by atoms with Crippen molar-refractivity contribution in [1.82, 2.24) is 14.5 Å². The minimum Gasteiger partial charge on any atom is -0.383 e. The van der Waals surface area contributed by atoms with E-state index in [1.165, 1.54) is 19.2 Å². The van der Waals surface area contributed by atoms with Crippen LogP contribution in [-0.2, 0) is 14.8 Å². The number of halogens is 1. The molecular formula is C17H26BrN3O4S. The topological polar surface area (TPSA) is 78.9 Å². The van der Waals surface area contributed by atoms with Gasteiger partial charge in [0.2, 0.25) is 10.0 Å². The predicted octanol–water partition coefficient (Wildman–Crippen LogP) is 1.54. The Kier molecular flexibility index (Phi) is 7.60. The zero-order valence-electron chi connectivity index (χ0n) is 15.4. The molecule has 1 N–H and O–H groups in total. The maximum absolute atomic E-state index is 13.0. The number of likely N-dealkylation sites (N-methyl/N-ethyl adjacent to an activating group) is 1. The van der Waals surface area contributed by atoms with Gasteiger partial charge >= 0.3 is 0 Å². The van der Waals surface area contributed by atoms with Crippen LogP contribution in [0.1, 0.15) is 23.2 Å². The number of nitrogens with one attached hydrogen (secondary N) is 1. The Labute approximate surface area is 163 Å². The van der Waals surface area contributed by atoms with E-state index in [1.807, 2.05) is 14.1 Å². The monoisotopic (exact) mass is 447 g/mol. The van der Waals surface area contributed by atoms with E-state index in [0.29, 0.717) is 29.2 Å². The molecule has 0 aromatic heterocycles. The molecule has 146 valence electrons. The first-order chi connectivity index (χ1) is 12.3. The fourth-order valence-corrected chi connectivity index (χ4v) is 4.38. The van der Waals surface area contributed by atoms with Crippen molar-refractivity contribution in [2.24, 2.45) is 0 Å². The molecule has 1 fully saturated rings. The van der Waals surface area contributed by atoms with E-state index in [4.69, 9.17) is 4.74 Å². The second-order valence-electron chi connectivity index (χ2n) is 6.54. The highest BCUT2D eigenvalue weighted by atomic mass is 79.9. The van der Waals surface area contributed by atoms with Gasteiger partial charge in [-0.15, -0.1) is 0 Å². The van der Waals surface area contributed by atoms with Gasteiger partial charge in [-0.1, -0.05) is 0 Å². The van der Waals surface area contributed by atoms with Crippen molar-refractivity contribution in [3.8, 4) is 0 Å². The molecule has 1 unspecified atom stereocenters. The molecule has 2 rings (SSSR count). The maximum atomic E-state index is 13.0. The van der Waals surface area contributed by atoms with Crippen molar-refractivity contribution >= 4 is 31.9 Å². The van der Waals surface area contributed by atoms with Crippen molar-refractivity contribution in [3.63, 3.8) is 0 Å². The first-order valence-electron chi connectivity index (χ1n) is 8.50. The van der Waals surface area contributed by atoms with E-state index in [1.54, 1.807) is 11.0 Å². The van der Waals surface area contributed by atoms with Gasteiger partial charge in [-0.05, 0) is 61.1 Å². The van der Waals surface area contributed by atoms with Crippen molar-refractivity contribution < 1.29 is 17.9 Å². The van der Waals surface area contributed by atoms with Gasteiger partial charge in [0, 0.05) is 37.3 Å². The van der Waals surface area contributed by atoms with Crippen LogP contribution in [0, 0.1) is 0 Å². The SMILES string of the molecule is COCCNS(=O)(=O)c1ccc(Br)c(C(=O)N2CCCC(N(C)C)C2)c1. The standard InChI is InChI=1S/C17H26BrN3O4S/c1-20(2)13-5-4-9-21(12-13)17(22)15-11-14(6-7-16(15)18)26(23,24)19-8-10-25-3/h6-7,11,13,19H,4-5,8-10,12H2,1-3H3. The molecule has 1 heterocycles. The fraction of sp³-hybridized carbons (Fsp3) is 0.588. The summed E-state index contributed by atoms with van der Waals surface area (Å²) in [6.07, 6.45) is 1.98. The number of piperidine rings is 1. The smallest absolute Gasteiger partial charge is 0.255 e. The highest BCUT2D eigenvalue weighted by Gasteiger charge is 2.27. The summed E-state index contributed by atoms with van der Waals surface area (Å²) in [4.78, 5) is 17.0. The van der Waals surface area contributed by atoms with Crippen LogP contribution in [0.4, 0.5) is 0 Å². The van der Waals surface area contributed by atoms with Crippen molar-refractivity contribution in [2.75, 3.05) is 47.4 Å². The summed E-state index contributed by atoms with van der Waals surface area (Å²) in [5.74, 6) is -0.155. The van der Waals surface area contributed by atoms with Crippen LogP contribution < -0.4 is 4.72 Å². The molecule has 1 aliphatic rings.